The monoisotopic (exact) mass is 285 g/mol. The van der Waals surface area contributed by atoms with E-state index >= 15 is 0 Å². The number of fused-ring (bicyclic) bond motifs is 1. The number of aromatic nitrogens is 2. The van der Waals surface area contributed by atoms with E-state index in [4.69, 9.17) is 5.73 Å². The van der Waals surface area contributed by atoms with Gasteiger partial charge in [0, 0.05) is 19.6 Å². The average Bonchev–Trinajstić information content (AvgIpc) is 2.85. The molecule has 1 aromatic carbocycles. The third kappa shape index (κ3) is 3.54. The van der Waals surface area contributed by atoms with Gasteiger partial charge in [0.1, 0.15) is 0 Å². The van der Waals surface area contributed by atoms with Crippen LogP contribution < -0.4 is 11.1 Å². The molecule has 0 spiro atoms. The van der Waals surface area contributed by atoms with E-state index in [1.807, 2.05) is 24.5 Å². The van der Waals surface area contributed by atoms with Crippen LogP contribution in [-0.4, -0.2) is 28.6 Å². The molecule has 0 radical (unpaired) electrons. The summed E-state index contributed by atoms with van der Waals surface area (Å²) in [6.07, 6.45) is 6.88. The van der Waals surface area contributed by atoms with Crippen molar-refractivity contribution in [1.29, 1.82) is 0 Å². The number of benzene rings is 1. The number of guanidine groups is 1. The minimum absolute atomic E-state index is 0.581. The van der Waals surface area contributed by atoms with Gasteiger partial charge in [-0.1, -0.05) is 18.6 Å². The molecule has 5 nitrogen and oxygen atoms in total. The number of nitrogens with zero attached hydrogens (tertiary/aromatic N) is 3. The van der Waals surface area contributed by atoms with Crippen molar-refractivity contribution in [2.45, 2.75) is 32.2 Å². The molecule has 3 N–H and O–H groups in total. The smallest absolute Gasteiger partial charge is 0.188 e. The quantitative estimate of drug-likeness (QED) is 0.485. The summed E-state index contributed by atoms with van der Waals surface area (Å²) in [5.74, 6) is 1.35. The molecule has 1 fully saturated rings. The molecule has 1 aromatic heterocycles. The minimum atomic E-state index is 0.581. The Balaban J connectivity index is 1.41. The summed E-state index contributed by atoms with van der Waals surface area (Å²) in [5.41, 5.74) is 8.10. The zero-order valence-corrected chi connectivity index (χ0v) is 12.3. The molecule has 1 heterocycles. The van der Waals surface area contributed by atoms with Crippen molar-refractivity contribution in [3.8, 4) is 0 Å². The highest BCUT2D eigenvalue weighted by Gasteiger charge is 2.16. The first-order chi connectivity index (χ1) is 10.3. The van der Waals surface area contributed by atoms with Gasteiger partial charge >= 0.3 is 0 Å². The lowest BCUT2D eigenvalue weighted by atomic mass is 9.86. The SMILES string of the molecule is NC(=NCC1CCC1)NCCCn1cnc2ccccc21. The number of aryl methyl sites for hydroxylation is 1. The predicted molar refractivity (Wildman–Crippen MR) is 86.2 cm³/mol. The number of imidazole rings is 1. The van der Waals surface area contributed by atoms with E-state index < -0.39 is 0 Å². The Morgan fingerprint density at radius 3 is 3.05 bits per heavy atom. The molecule has 0 atom stereocenters. The number of nitrogens with one attached hydrogen (secondary N) is 1. The van der Waals surface area contributed by atoms with Crippen LogP contribution >= 0.6 is 0 Å². The molecule has 0 aliphatic heterocycles. The number of hydrogen-bond acceptors (Lipinski definition) is 2. The maximum Gasteiger partial charge on any atom is 0.188 e. The first kappa shape index (κ1) is 13.9. The normalized spacial score (nSPS) is 16.1. The van der Waals surface area contributed by atoms with Crippen molar-refractivity contribution in [2.75, 3.05) is 13.1 Å². The average molecular weight is 285 g/mol. The van der Waals surface area contributed by atoms with Gasteiger partial charge in [0.15, 0.2) is 5.96 Å². The standard InChI is InChI=1S/C16H23N5/c17-16(19-11-13-5-3-6-13)18-9-4-10-21-12-20-14-7-1-2-8-15(14)21/h1-2,7-8,12-13H,3-6,9-11H2,(H3,17,18,19). The second-order valence-corrected chi connectivity index (χ2v) is 5.73. The zero-order valence-electron chi connectivity index (χ0n) is 12.3. The summed E-state index contributed by atoms with van der Waals surface area (Å²) < 4.78 is 2.18. The van der Waals surface area contributed by atoms with E-state index in [2.05, 4.69) is 25.9 Å². The van der Waals surface area contributed by atoms with Gasteiger partial charge in [-0.3, -0.25) is 4.99 Å². The number of hydrogen-bond donors (Lipinski definition) is 2. The Bertz CT molecular complexity index is 612. The maximum atomic E-state index is 5.87. The molecule has 112 valence electrons. The number of nitrogens with two attached hydrogens (primary N) is 1. The Morgan fingerprint density at radius 2 is 2.24 bits per heavy atom. The Morgan fingerprint density at radius 1 is 1.38 bits per heavy atom. The molecule has 0 bridgehead atoms. The van der Waals surface area contributed by atoms with E-state index in [1.54, 1.807) is 0 Å². The lowest BCUT2D eigenvalue weighted by Gasteiger charge is -2.23. The van der Waals surface area contributed by atoms with E-state index in [9.17, 15) is 0 Å². The third-order valence-corrected chi connectivity index (χ3v) is 4.15. The molecule has 1 aliphatic rings. The molecule has 3 rings (SSSR count). The third-order valence-electron chi connectivity index (χ3n) is 4.15. The number of rotatable bonds is 6. The van der Waals surface area contributed by atoms with Crippen molar-refractivity contribution >= 4 is 17.0 Å². The van der Waals surface area contributed by atoms with E-state index in [0.717, 1.165) is 37.5 Å². The molecule has 1 saturated carbocycles. The fourth-order valence-corrected chi connectivity index (χ4v) is 2.61. The summed E-state index contributed by atoms with van der Waals surface area (Å²) in [6.45, 7) is 2.65. The molecular weight excluding hydrogens is 262 g/mol. The minimum Gasteiger partial charge on any atom is -0.370 e. The van der Waals surface area contributed by atoms with E-state index in [0.29, 0.717) is 5.96 Å². The summed E-state index contributed by atoms with van der Waals surface area (Å²) in [6, 6.07) is 8.20. The molecule has 0 amide bonds. The highest BCUT2D eigenvalue weighted by molar-refractivity contribution is 5.77. The van der Waals surface area contributed by atoms with Crippen molar-refractivity contribution in [3.05, 3.63) is 30.6 Å². The van der Waals surface area contributed by atoms with Gasteiger partial charge < -0.3 is 15.6 Å². The van der Waals surface area contributed by atoms with Crippen LogP contribution in [0.15, 0.2) is 35.6 Å². The lowest BCUT2D eigenvalue weighted by Crippen LogP contribution is -2.33. The second kappa shape index (κ2) is 6.61. The van der Waals surface area contributed by atoms with Crippen LogP contribution in [0.5, 0.6) is 0 Å². The van der Waals surface area contributed by atoms with Gasteiger partial charge in [0.25, 0.3) is 0 Å². The van der Waals surface area contributed by atoms with Crippen molar-refractivity contribution in [1.82, 2.24) is 14.9 Å². The highest BCUT2D eigenvalue weighted by atomic mass is 15.1. The summed E-state index contributed by atoms with van der Waals surface area (Å²) in [5, 5.41) is 3.19. The van der Waals surface area contributed by atoms with Gasteiger partial charge in [0.2, 0.25) is 0 Å². The largest absolute Gasteiger partial charge is 0.370 e. The first-order valence-corrected chi connectivity index (χ1v) is 7.76. The van der Waals surface area contributed by atoms with Crippen molar-refractivity contribution in [3.63, 3.8) is 0 Å². The van der Waals surface area contributed by atoms with Gasteiger partial charge in [-0.25, -0.2) is 4.98 Å². The summed E-state index contributed by atoms with van der Waals surface area (Å²) >= 11 is 0. The van der Waals surface area contributed by atoms with Gasteiger partial charge in [-0.05, 0) is 37.3 Å². The lowest BCUT2D eigenvalue weighted by molar-refractivity contribution is 0.326. The van der Waals surface area contributed by atoms with Crippen LogP contribution in [0.2, 0.25) is 0 Å². The molecule has 1 aliphatic carbocycles. The maximum absolute atomic E-state index is 5.87. The van der Waals surface area contributed by atoms with Crippen molar-refractivity contribution in [2.24, 2.45) is 16.6 Å². The van der Waals surface area contributed by atoms with Crippen LogP contribution in [0.3, 0.4) is 0 Å². The van der Waals surface area contributed by atoms with Gasteiger partial charge in [0.05, 0.1) is 17.4 Å². The summed E-state index contributed by atoms with van der Waals surface area (Å²) in [7, 11) is 0. The number of para-hydroxylation sites is 2. The van der Waals surface area contributed by atoms with Crippen molar-refractivity contribution < 1.29 is 0 Å². The highest BCUT2D eigenvalue weighted by Crippen LogP contribution is 2.26. The van der Waals surface area contributed by atoms with Gasteiger partial charge in [-0.2, -0.15) is 0 Å². The molecule has 0 unspecified atom stereocenters. The molecular formula is C16H23N5. The Kier molecular flexibility index (Phi) is 4.38. The zero-order chi connectivity index (χ0) is 14.5. The van der Waals surface area contributed by atoms with E-state index in [-0.39, 0.29) is 0 Å². The van der Waals surface area contributed by atoms with Crippen LogP contribution in [0.25, 0.3) is 11.0 Å². The number of aliphatic imine (C=N–C) groups is 1. The predicted octanol–water partition coefficient (Wildman–Crippen LogP) is 2.13. The molecule has 0 saturated heterocycles. The summed E-state index contributed by atoms with van der Waals surface area (Å²) in [4.78, 5) is 8.79. The molecule has 5 heteroatoms. The fourth-order valence-electron chi connectivity index (χ4n) is 2.61. The second-order valence-electron chi connectivity index (χ2n) is 5.73. The van der Waals surface area contributed by atoms with Crippen LogP contribution in [0, 0.1) is 5.92 Å². The molecule has 2 aromatic rings. The van der Waals surface area contributed by atoms with E-state index in [1.165, 1.54) is 24.8 Å². The van der Waals surface area contributed by atoms with Gasteiger partial charge in [-0.15, -0.1) is 0 Å². The first-order valence-electron chi connectivity index (χ1n) is 7.76. The topological polar surface area (TPSA) is 68.2 Å². The van der Waals surface area contributed by atoms with Crippen LogP contribution in [0.1, 0.15) is 25.7 Å². The fraction of sp³-hybridized carbons (Fsp3) is 0.500. The Labute approximate surface area is 125 Å². The van der Waals surface area contributed by atoms with Crippen LogP contribution in [-0.2, 0) is 6.54 Å². The van der Waals surface area contributed by atoms with Crippen LogP contribution in [0.4, 0.5) is 0 Å². The molecule has 21 heavy (non-hydrogen) atoms. The Hall–Kier alpha value is -2.04.